The topological polar surface area (TPSA) is 84.6 Å². The number of methoxy groups -OCH3 is 1. The van der Waals surface area contributed by atoms with Crippen LogP contribution in [-0.4, -0.2) is 66.4 Å². The highest BCUT2D eigenvalue weighted by Gasteiger charge is 2.43. The number of nitrogens with zero attached hydrogens (tertiary/aromatic N) is 5. The average molecular weight is 413 g/mol. The maximum Gasteiger partial charge on any atom is 0.396 e. The fraction of sp³-hybridized carbons (Fsp3) is 0.556. The molecular weight excluding hydrogens is 391 g/mol. The van der Waals surface area contributed by atoms with E-state index in [1.54, 1.807) is 17.2 Å². The van der Waals surface area contributed by atoms with E-state index in [0.717, 1.165) is 5.69 Å². The minimum atomic E-state index is -4.42. The highest BCUT2D eigenvalue weighted by atomic mass is 19.4. The molecule has 0 saturated carbocycles. The predicted octanol–water partition coefficient (Wildman–Crippen LogP) is 2.41. The molecule has 1 aliphatic rings. The standard InChI is InChI=1S/C18H22F3N5O3/c1-25(2)12-4-5-13(22-11-12)15(27)26-8-6-17(28-3,7-9-26)16-23-14(24-29-16)10-18(19,20)21/h4-5,11H,6-10H2,1-3H3. The Morgan fingerprint density at radius 1 is 1.31 bits per heavy atom. The van der Waals surface area contributed by atoms with Crippen molar-refractivity contribution in [1.29, 1.82) is 0 Å². The Morgan fingerprint density at radius 3 is 2.52 bits per heavy atom. The molecule has 0 radical (unpaired) electrons. The minimum absolute atomic E-state index is 0.000176. The molecule has 0 spiro atoms. The molecule has 0 unspecified atom stereocenters. The number of likely N-dealkylation sites (tertiary alicyclic amines) is 1. The van der Waals surface area contributed by atoms with Crippen LogP contribution in [0.3, 0.4) is 0 Å². The van der Waals surface area contributed by atoms with Crippen LogP contribution in [0.2, 0.25) is 0 Å². The molecule has 2 aromatic heterocycles. The third kappa shape index (κ3) is 4.66. The number of pyridine rings is 1. The Kier molecular flexibility index (Phi) is 5.78. The van der Waals surface area contributed by atoms with Crippen LogP contribution >= 0.6 is 0 Å². The number of halogens is 3. The lowest BCUT2D eigenvalue weighted by Crippen LogP contribution is -2.46. The normalized spacial score (nSPS) is 16.7. The lowest BCUT2D eigenvalue weighted by molar-refractivity contribution is -0.128. The van der Waals surface area contributed by atoms with Crippen molar-refractivity contribution in [2.75, 3.05) is 39.2 Å². The molecule has 1 fully saturated rings. The van der Waals surface area contributed by atoms with Crippen molar-refractivity contribution < 1.29 is 27.2 Å². The summed E-state index contributed by atoms with van der Waals surface area (Å²) in [6.45, 7) is 0.640. The van der Waals surface area contributed by atoms with Gasteiger partial charge in [-0.1, -0.05) is 5.16 Å². The number of carbonyl (C=O) groups excluding carboxylic acids is 1. The van der Waals surface area contributed by atoms with Gasteiger partial charge < -0.3 is 19.1 Å². The molecule has 1 aliphatic heterocycles. The van der Waals surface area contributed by atoms with Crippen LogP contribution in [0.5, 0.6) is 0 Å². The van der Waals surface area contributed by atoms with E-state index in [0.29, 0.717) is 31.6 Å². The van der Waals surface area contributed by atoms with E-state index in [4.69, 9.17) is 9.26 Å². The second-order valence-corrected chi connectivity index (χ2v) is 7.09. The van der Waals surface area contributed by atoms with E-state index < -0.39 is 24.0 Å². The maximum atomic E-state index is 12.7. The van der Waals surface area contributed by atoms with E-state index in [2.05, 4.69) is 15.1 Å². The molecule has 3 rings (SSSR count). The number of hydrogen-bond acceptors (Lipinski definition) is 7. The second-order valence-electron chi connectivity index (χ2n) is 7.09. The Hall–Kier alpha value is -2.69. The Bertz CT molecular complexity index is 843. The molecule has 2 aromatic rings. The first kappa shape index (κ1) is 21.0. The number of amides is 1. The summed E-state index contributed by atoms with van der Waals surface area (Å²) >= 11 is 0. The number of piperidine rings is 1. The number of alkyl halides is 3. The Labute approximate surface area is 165 Å². The van der Waals surface area contributed by atoms with Gasteiger partial charge in [-0.3, -0.25) is 4.79 Å². The first-order chi connectivity index (χ1) is 13.6. The first-order valence-corrected chi connectivity index (χ1v) is 9.01. The maximum absolute atomic E-state index is 12.7. The average Bonchev–Trinajstić information content (AvgIpc) is 3.15. The molecule has 158 valence electrons. The Morgan fingerprint density at radius 2 is 2.00 bits per heavy atom. The summed E-state index contributed by atoms with van der Waals surface area (Å²) in [4.78, 5) is 24.3. The van der Waals surface area contributed by atoms with Crippen molar-refractivity contribution in [3.05, 3.63) is 35.7 Å². The smallest absolute Gasteiger partial charge is 0.376 e. The van der Waals surface area contributed by atoms with Crippen molar-refractivity contribution in [2.45, 2.75) is 31.0 Å². The quantitative estimate of drug-likeness (QED) is 0.744. The Balaban J connectivity index is 1.68. The number of rotatable bonds is 5. The second kappa shape index (κ2) is 7.97. The highest BCUT2D eigenvalue weighted by Crippen LogP contribution is 2.36. The molecule has 1 amide bonds. The van der Waals surface area contributed by atoms with Gasteiger partial charge in [0.05, 0.1) is 11.9 Å². The van der Waals surface area contributed by atoms with Crippen molar-refractivity contribution in [3.8, 4) is 0 Å². The van der Waals surface area contributed by atoms with Crippen molar-refractivity contribution in [2.24, 2.45) is 0 Å². The zero-order chi connectivity index (χ0) is 21.2. The van der Waals surface area contributed by atoms with E-state index in [1.807, 2.05) is 25.1 Å². The lowest BCUT2D eigenvalue weighted by atomic mass is 9.90. The van der Waals surface area contributed by atoms with Crippen LogP contribution in [0.1, 0.15) is 35.0 Å². The van der Waals surface area contributed by atoms with Crippen LogP contribution in [0, 0.1) is 0 Å². The van der Waals surface area contributed by atoms with E-state index in [1.165, 1.54) is 7.11 Å². The van der Waals surface area contributed by atoms with Gasteiger partial charge in [0.2, 0.25) is 0 Å². The summed E-state index contributed by atoms with van der Waals surface area (Å²) < 4.78 is 48.2. The van der Waals surface area contributed by atoms with Gasteiger partial charge in [0.15, 0.2) is 5.82 Å². The van der Waals surface area contributed by atoms with Gasteiger partial charge in [-0.05, 0) is 12.1 Å². The van der Waals surface area contributed by atoms with Gasteiger partial charge >= 0.3 is 6.18 Å². The molecule has 0 atom stereocenters. The van der Waals surface area contributed by atoms with Gasteiger partial charge in [0.25, 0.3) is 11.8 Å². The minimum Gasteiger partial charge on any atom is -0.376 e. The zero-order valence-electron chi connectivity index (χ0n) is 16.4. The molecule has 0 N–H and O–H groups in total. The highest BCUT2D eigenvalue weighted by molar-refractivity contribution is 5.92. The van der Waals surface area contributed by atoms with Crippen molar-refractivity contribution in [1.82, 2.24) is 20.0 Å². The monoisotopic (exact) mass is 413 g/mol. The van der Waals surface area contributed by atoms with E-state index in [9.17, 15) is 18.0 Å². The number of aromatic nitrogens is 3. The molecular formula is C18H22F3N5O3. The van der Waals surface area contributed by atoms with Crippen molar-refractivity contribution >= 4 is 11.6 Å². The van der Waals surface area contributed by atoms with Gasteiger partial charge in [-0.15, -0.1) is 0 Å². The molecule has 0 aromatic carbocycles. The largest absolute Gasteiger partial charge is 0.396 e. The summed E-state index contributed by atoms with van der Waals surface area (Å²) in [5.41, 5.74) is 0.186. The van der Waals surface area contributed by atoms with Crippen molar-refractivity contribution in [3.63, 3.8) is 0 Å². The lowest BCUT2D eigenvalue weighted by Gasteiger charge is -2.38. The number of ether oxygens (including phenoxy) is 1. The van der Waals surface area contributed by atoms with Crippen LogP contribution in [0.15, 0.2) is 22.9 Å². The zero-order valence-corrected chi connectivity index (χ0v) is 16.4. The van der Waals surface area contributed by atoms with Gasteiger partial charge in [0.1, 0.15) is 17.7 Å². The van der Waals surface area contributed by atoms with Crippen LogP contribution in [0.25, 0.3) is 0 Å². The predicted molar refractivity (Wildman–Crippen MR) is 96.4 cm³/mol. The first-order valence-electron chi connectivity index (χ1n) is 9.01. The van der Waals surface area contributed by atoms with Gasteiger partial charge in [0, 0.05) is 47.1 Å². The molecule has 29 heavy (non-hydrogen) atoms. The molecule has 3 heterocycles. The summed E-state index contributed by atoms with van der Waals surface area (Å²) in [7, 11) is 5.20. The number of hydrogen-bond donors (Lipinski definition) is 0. The number of carbonyl (C=O) groups is 1. The summed E-state index contributed by atoms with van der Waals surface area (Å²) in [5.74, 6) is -0.657. The summed E-state index contributed by atoms with van der Waals surface area (Å²) in [6.07, 6.45) is -3.43. The molecule has 0 aliphatic carbocycles. The fourth-order valence-corrected chi connectivity index (χ4v) is 3.21. The molecule has 11 heteroatoms. The third-order valence-electron chi connectivity index (χ3n) is 4.95. The van der Waals surface area contributed by atoms with E-state index >= 15 is 0 Å². The van der Waals surface area contributed by atoms with Gasteiger partial charge in [-0.25, -0.2) is 4.98 Å². The SMILES string of the molecule is COC1(c2nc(CC(F)(F)F)no2)CCN(C(=O)c2ccc(N(C)C)cn2)CC1. The molecule has 0 bridgehead atoms. The summed E-state index contributed by atoms with van der Waals surface area (Å²) in [6, 6.07) is 3.47. The fourth-order valence-electron chi connectivity index (χ4n) is 3.21. The summed E-state index contributed by atoms with van der Waals surface area (Å²) in [5, 5.41) is 3.41. The van der Waals surface area contributed by atoms with Crippen LogP contribution in [-0.2, 0) is 16.8 Å². The molecule has 8 nitrogen and oxygen atoms in total. The third-order valence-corrected chi connectivity index (χ3v) is 4.95. The van der Waals surface area contributed by atoms with Crippen LogP contribution in [0.4, 0.5) is 18.9 Å². The van der Waals surface area contributed by atoms with E-state index in [-0.39, 0.29) is 11.8 Å². The number of anilines is 1. The molecule has 1 saturated heterocycles. The van der Waals surface area contributed by atoms with Crippen LogP contribution < -0.4 is 4.90 Å². The van der Waals surface area contributed by atoms with Gasteiger partial charge in [-0.2, -0.15) is 18.2 Å².